The fraction of sp³-hybridized carbons (Fsp3) is 0.200. The topological polar surface area (TPSA) is 71.5 Å². The minimum atomic E-state index is -3.98. The number of sulfone groups is 1. The number of para-hydroxylation sites is 1. The molecule has 0 bridgehead atoms. The molecule has 0 atom stereocenters. The third-order valence-electron chi connectivity index (χ3n) is 3.23. The van der Waals surface area contributed by atoms with Gasteiger partial charge in [-0.1, -0.05) is 29.8 Å². The highest BCUT2D eigenvalue weighted by Crippen LogP contribution is 2.30. The Morgan fingerprint density at radius 3 is 2.13 bits per heavy atom. The Hall–Kier alpha value is -1.57. The fourth-order valence-electron chi connectivity index (χ4n) is 2.12. The van der Waals surface area contributed by atoms with Gasteiger partial charge >= 0.3 is 0 Å². The minimum Gasteiger partial charge on any atom is -0.267 e. The summed E-state index contributed by atoms with van der Waals surface area (Å²) in [7, 11) is -7.52. The third-order valence-corrected chi connectivity index (χ3v) is 6.73. The van der Waals surface area contributed by atoms with Crippen molar-refractivity contribution in [3.8, 4) is 0 Å². The van der Waals surface area contributed by atoms with Crippen molar-refractivity contribution in [3.63, 3.8) is 0 Å². The van der Waals surface area contributed by atoms with Crippen molar-refractivity contribution in [2.75, 3.05) is 17.1 Å². The third kappa shape index (κ3) is 3.68. The van der Waals surface area contributed by atoms with Crippen LogP contribution in [0.1, 0.15) is 6.92 Å². The summed E-state index contributed by atoms with van der Waals surface area (Å²) in [5, 5.41) is -0.0215. The summed E-state index contributed by atoms with van der Waals surface area (Å²) < 4.78 is 50.4. The summed E-state index contributed by atoms with van der Waals surface area (Å²) in [6.07, 6.45) is 1.02. The lowest BCUT2D eigenvalue weighted by atomic mass is 10.3. The van der Waals surface area contributed by atoms with E-state index < -0.39 is 19.9 Å². The molecule has 0 N–H and O–H groups in total. The molecular weight excluding hydrogens is 358 g/mol. The fourth-order valence-corrected chi connectivity index (χ4v) is 4.82. The van der Waals surface area contributed by atoms with Crippen LogP contribution < -0.4 is 4.31 Å². The van der Waals surface area contributed by atoms with Crippen LogP contribution in [0.3, 0.4) is 0 Å². The Labute approximate surface area is 141 Å². The zero-order valence-electron chi connectivity index (χ0n) is 12.6. The molecule has 0 radical (unpaired) electrons. The average molecular weight is 374 g/mol. The second-order valence-electron chi connectivity index (χ2n) is 4.87. The van der Waals surface area contributed by atoms with Gasteiger partial charge in [-0.15, -0.1) is 0 Å². The smallest absolute Gasteiger partial charge is 0.265 e. The van der Waals surface area contributed by atoms with Crippen LogP contribution in [0.4, 0.5) is 5.69 Å². The number of sulfonamides is 1. The maximum Gasteiger partial charge on any atom is 0.265 e. The van der Waals surface area contributed by atoms with Crippen molar-refractivity contribution in [1.29, 1.82) is 0 Å². The van der Waals surface area contributed by atoms with E-state index in [0.29, 0.717) is 5.69 Å². The summed E-state index contributed by atoms with van der Waals surface area (Å²) in [4.78, 5) is -0.322. The van der Waals surface area contributed by atoms with Gasteiger partial charge in [-0.05, 0) is 37.3 Å². The molecule has 2 rings (SSSR count). The highest BCUT2D eigenvalue weighted by molar-refractivity contribution is 7.93. The van der Waals surface area contributed by atoms with Crippen molar-refractivity contribution in [2.24, 2.45) is 0 Å². The summed E-state index contributed by atoms with van der Waals surface area (Å²) in [5.41, 5.74) is 0.482. The van der Waals surface area contributed by atoms with Crippen LogP contribution in [0.2, 0.25) is 5.02 Å². The molecule has 0 saturated heterocycles. The Morgan fingerprint density at radius 2 is 1.61 bits per heavy atom. The Bertz CT molecular complexity index is 910. The van der Waals surface area contributed by atoms with Crippen molar-refractivity contribution < 1.29 is 16.8 Å². The molecular formula is C15H16ClNO4S2. The van der Waals surface area contributed by atoms with Crippen molar-refractivity contribution in [3.05, 3.63) is 53.6 Å². The summed E-state index contributed by atoms with van der Waals surface area (Å²) in [6.45, 7) is 1.88. The molecule has 0 aromatic heterocycles. The number of rotatable bonds is 5. The zero-order chi connectivity index (χ0) is 17.3. The number of halogens is 1. The minimum absolute atomic E-state index is 0.0215. The summed E-state index contributed by atoms with van der Waals surface area (Å²) in [6, 6.07) is 12.2. The molecule has 0 aliphatic rings. The molecule has 124 valence electrons. The van der Waals surface area contributed by atoms with E-state index in [1.807, 2.05) is 0 Å². The van der Waals surface area contributed by atoms with Gasteiger partial charge in [0.15, 0.2) is 9.84 Å². The van der Waals surface area contributed by atoms with Crippen LogP contribution in [-0.4, -0.2) is 29.6 Å². The van der Waals surface area contributed by atoms with Crippen LogP contribution in [-0.2, 0) is 19.9 Å². The van der Waals surface area contributed by atoms with E-state index >= 15 is 0 Å². The number of hydrogen-bond acceptors (Lipinski definition) is 4. The van der Waals surface area contributed by atoms with Crippen LogP contribution in [0.5, 0.6) is 0 Å². The number of hydrogen-bond donors (Lipinski definition) is 0. The largest absolute Gasteiger partial charge is 0.267 e. The summed E-state index contributed by atoms with van der Waals surface area (Å²) in [5.74, 6) is 0. The first-order valence-corrected chi connectivity index (χ1v) is 10.5. The number of benzene rings is 2. The number of anilines is 1. The second kappa shape index (κ2) is 6.51. The predicted octanol–water partition coefficient (Wildman–Crippen LogP) is 2.96. The van der Waals surface area contributed by atoms with Crippen LogP contribution in [0.15, 0.2) is 58.3 Å². The van der Waals surface area contributed by atoms with Gasteiger partial charge in [0.25, 0.3) is 10.0 Å². The molecule has 0 saturated carbocycles. The molecule has 0 aliphatic heterocycles. The molecule has 2 aromatic rings. The SMILES string of the molecule is CCN(c1ccccc1)S(=O)(=O)c1cc(S(C)(=O)=O)ccc1Cl. The second-order valence-corrected chi connectivity index (χ2v) is 9.12. The lowest BCUT2D eigenvalue weighted by molar-refractivity contribution is 0.591. The summed E-state index contributed by atoms with van der Waals surface area (Å²) >= 11 is 6.02. The van der Waals surface area contributed by atoms with Gasteiger partial charge in [0.05, 0.1) is 15.6 Å². The van der Waals surface area contributed by atoms with E-state index in [4.69, 9.17) is 11.6 Å². The Balaban J connectivity index is 2.63. The van der Waals surface area contributed by atoms with Gasteiger partial charge in [-0.2, -0.15) is 0 Å². The predicted molar refractivity (Wildman–Crippen MR) is 91.2 cm³/mol. The quantitative estimate of drug-likeness (QED) is 0.807. The van der Waals surface area contributed by atoms with Gasteiger partial charge < -0.3 is 0 Å². The standard InChI is InChI=1S/C15H16ClNO4S2/c1-3-17(12-7-5-4-6-8-12)23(20,21)15-11-13(22(2,18)19)9-10-14(15)16/h4-11H,3H2,1-2H3. The Kier molecular flexibility index (Phi) is 5.03. The Morgan fingerprint density at radius 1 is 1.00 bits per heavy atom. The monoisotopic (exact) mass is 373 g/mol. The van der Waals surface area contributed by atoms with Crippen LogP contribution in [0, 0.1) is 0 Å². The van der Waals surface area contributed by atoms with E-state index in [0.717, 1.165) is 12.3 Å². The normalized spacial score (nSPS) is 12.1. The highest BCUT2D eigenvalue weighted by atomic mass is 35.5. The zero-order valence-corrected chi connectivity index (χ0v) is 15.0. The molecule has 0 fully saturated rings. The molecule has 0 spiro atoms. The molecule has 0 aliphatic carbocycles. The van der Waals surface area contributed by atoms with Gasteiger partial charge in [0, 0.05) is 12.8 Å². The molecule has 23 heavy (non-hydrogen) atoms. The van der Waals surface area contributed by atoms with Crippen LogP contribution >= 0.6 is 11.6 Å². The van der Waals surface area contributed by atoms with Gasteiger partial charge in [-0.3, -0.25) is 4.31 Å². The van der Waals surface area contributed by atoms with E-state index in [1.165, 1.54) is 16.4 Å². The average Bonchev–Trinajstić information content (AvgIpc) is 2.47. The molecule has 0 heterocycles. The first-order chi connectivity index (χ1) is 10.7. The van der Waals surface area contributed by atoms with Gasteiger partial charge in [0.2, 0.25) is 0 Å². The van der Waals surface area contributed by atoms with E-state index in [-0.39, 0.29) is 21.4 Å². The van der Waals surface area contributed by atoms with E-state index in [9.17, 15) is 16.8 Å². The van der Waals surface area contributed by atoms with Crippen molar-refractivity contribution in [1.82, 2.24) is 0 Å². The molecule has 2 aromatic carbocycles. The molecule has 8 heteroatoms. The highest BCUT2D eigenvalue weighted by Gasteiger charge is 2.27. The van der Waals surface area contributed by atoms with Crippen molar-refractivity contribution >= 4 is 37.1 Å². The molecule has 0 amide bonds. The lowest BCUT2D eigenvalue weighted by Gasteiger charge is -2.23. The first-order valence-electron chi connectivity index (χ1n) is 6.75. The molecule has 5 nitrogen and oxygen atoms in total. The number of nitrogens with zero attached hydrogens (tertiary/aromatic N) is 1. The lowest BCUT2D eigenvalue weighted by Crippen LogP contribution is -2.31. The van der Waals surface area contributed by atoms with Gasteiger partial charge in [-0.25, -0.2) is 16.8 Å². The maximum atomic E-state index is 12.9. The van der Waals surface area contributed by atoms with E-state index in [1.54, 1.807) is 37.3 Å². The first kappa shape index (κ1) is 17.8. The van der Waals surface area contributed by atoms with Crippen molar-refractivity contribution in [2.45, 2.75) is 16.7 Å². The van der Waals surface area contributed by atoms with Gasteiger partial charge in [0.1, 0.15) is 4.90 Å². The van der Waals surface area contributed by atoms with Crippen LogP contribution in [0.25, 0.3) is 0 Å². The van der Waals surface area contributed by atoms with E-state index in [2.05, 4.69) is 0 Å². The molecule has 0 unspecified atom stereocenters. The maximum absolute atomic E-state index is 12.9.